The molecule has 1 aromatic heterocycles. The number of hydrogen-bond donors (Lipinski definition) is 1. The second-order valence-electron chi connectivity index (χ2n) is 6.41. The fourth-order valence-corrected chi connectivity index (χ4v) is 3.38. The van der Waals surface area contributed by atoms with Gasteiger partial charge in [-0.25, -0.2) is 4.79 Å². The largest absolute Gasteiger partial charge is 0.494 e. The Kier molecular flexibility index (Phi) is 6.34. The highest BCUT2D eigenvalue weighted by molar-refractivity contribution is 7.09. The lowest BCUT2D eigenvalue weighted by atomic mass is 10.3. The number of thiophene rings is 1. The summed E-state index contributed by atoms with van der Waals surface area (Å²) in [7, 11) is 0. The van der Waals surface area contributed by atoms with Gasteiger partial charge in [-0.2, -0.15) is 0 Å². The molecule has 5 heteroatoms. The topological polar surface area (TPSA) is 41.6 Å². The number of urea groups is 1. The van der Waals surface area contributed by atoms with Gasteiger partial charge in [-0.3, -0.25) is 0 Å². The number of hydrogen-bond acceptors (Lipinski definition) is 3. The Labute approximate surface area is 153 Å². The number of carbonyl (C=O) groups excluding carboxylic acids is 1. The Morgan fingerprint density at radius 1 is 1.28 bits per heavy atom. The Hall–Kier alpha value is -2.01. The summed E-state index contributed by atoms with van der Waals surface area (Å²) < 4.78 is 5.66. The van der Waals surface area contributed by atoms with Crippen LogP contribution in [0.5, 0.6) is 5.75 Å². The number of nitrogens with zero attached hydrogens (tertiary/aromatic N) is 1. The lowest BCUT2D eigenvalue weighted by Crippen LogP contribution is -2.38. The number of rotatable bonds is 9. The lowest BCUT2D eigenvalue weighted by Gasteiger charge is -2.22. The standard InChI is InChI=1S/C20H26N2O2S/c1-2-3-14-24-18-10-6-16(7-11-18)21-20(23)22(17-8-9-17)13-12-19-5-4-15-25-19/h4-7,10-11,15,17H,2-3,8-9,12-14H2,1H3,(H,21,23). The van der Waals surface area contributed by atoms with Crippen LogP contribution in [0.3, 0.4) is 0 Å². The predicted molar refractivity (Wildman–Crippen MR) is 104 cm³/mol. The molecule has 1 saturated carbocycles. The van der Waals surface area contributed by atoms with Gasteiger partial charge in [-0.1, -0.05) is 19.4 Å². The van der Waals surface area contributed by atoms with E-state index in [0.717, 1.165) is 56.7 Å². The highest BCUT2D eigenvalue weighted by atomic mass is 32.1. The first-order chi connectivity index (χ1) is 12.3. The van der Waals surface area contributed by atoms with Crippen molar-refractivity contribution in [3.63, 3.8) is 0 Å². The number of benzene rings is 1. The van der Waals surface area contributed by atoms with Gasteiger partial charge < -0.3 is 15.0 Å². The molecule has 0 saturated heterocycles. The van der Waals surface area contributed by atoms with Crippen molar-refractivity contribution >= 4 is 23.1 Å². The van der Waals surface area contributed by atoms with Crippen molar-refractivity contribution in [2.45, 2.75) is 45.1 Å². The molecule has 0 bridgehead atoms. The zero-order valence-corrected chi connectivity index (χ0v) is 15.6. The molecule has 1 N–H and O–H groups in total. The molecule has 0 aliphatic heterocycles. The minimum Gasteiger partial charge on any atom is -0.494 e. The van der Waals surface area contributed by atoms with Crippen LogP contribution < -0.4 is 10.1 Å². The van der Waals surface area contributed by atoms with Crippen LogP contribution in [0.4, 0.5) is 10.5 Å². The Morgan fingerprint density at radius 2 is 2.08 bits per heavy atom. The molecule has 25 heavy (non-hydrogen) atoms. The van der Waals surface area contributed by atoms with E-state index < -0.39 is 0 Å². The highest BCUT2D eigenvalue weighted by Gasteiger charge is 2.32. The number of amides is 2. The maximum absolute atomic E-state index is 12.6. The number of nitrogens with one attached hydrogen (secondary N) is 1. The fourth-order valence-electron chi connectivity index (χ4n) is 2.69. The molecule has 0 spiro atoms. The molecule has 2 aromatic rings. The van der Waals surface area contributed by atoms with E-state index in [0.29, 0.717) is 6.04 Å². The van der Waals surface area contributed by atoms with E-state index in [4.69, 9.17) is 4.74 Å². The average molecular weight is 359 g/mol. The molecule has 1 aliphatic carbocycles. The third-order valence-corrected chi connectivity index (χ3v) is 5.24. The van der Waals surface area contributed by atoms with Crippen LogP contribution >= 0.6 is 11.3 Å². The smallest absolute Gasteiger partial charge is 0.322 e. The maximum Gasteiger partial charge on any atom is 0.322 e. The summed E-state index contributed by atoms with van der Waals surface area (Å²) in [6.45, 7) is 3.65. The van der Waals surface area contributed by atoms with E-state index >= 15 is 0 Å². The zero-order valence-electron chi connectivity index (χ0n) is 14.7. The summed E-state index contributed by atoms with van der Waals surface area (Å²) in [5, 5.41) is 5.11. The molecular formula is C20H26N2O2S. The van der Waals surface area contributed by atoms with Crippen LogP contribution in [0.1, 0.15) is 37.5 Å². The molecule has 1 aliphatic rings. The average Bonchev–Trinajstić information content (AvgIpc) is 3.31. The van der Waals surface area contributed by atoms with Crippen molar-refractivity contribution in [3.05, 3.63) is 46.7 Å². The lowest BCUT2D eigenvalue weighted by molar-refractivity contribution is 0.209. The van der Waals surface area contributed by atoms with Crippen LogP contribution in [-0.2, 0) is 6.42 Å². The first-order valence-corrected chi connectivity index (χ1v) is 9.97. The predicted octanol–water partition coefficient (Wildman–Crippen LogP) is 5.17. The quantitative estimate of drug-likeness (QED) is 0.629. The van der Waals surface area contributed by atoms with Gasteiger partial charge in [0.15, 0.2) is 0 Å². The van der Waals surface area contributed by atoms with Gasteiger partial charge in [-0.15, -0.1) is 11.3 Å². The first kappa shape index (κ1) is 17.8. The van der Waals surface area contributed by atoms with E-state index in [1.807, 2.05) is 29.2 Å². The van der Waals surface area contributed by atoms with Gasteiger partial charge in [0.05, 0.1) is 6.61 Å². The summed E-state index contributed by atoms with van der Waals surface area (Å²) in [6.07, 6.45) is 5.33. The SMILES string of the molecule is CCCCOc1ccc(NC(=O)N(CCc2cccs2)C2CC2)cc1. The molecule has 1 heterocycles. The molecule has 1 aromatic carbocycles. The molecule has 2 amide bonds. The van der Waals surface area contributed by atoms with Crippen molar-refractivity contribution in [2.75, 3.05) is 18.5 Å². The van der Waals surface area contributed by atoms with Crippen LogP contribution in [0.25, 0.3) is 0 Å². The maximum atomic E-state index is 12.6. The van der Waals surface area contributed by atoms with Crippen molar-refractivity contribution < 1.29 is 9.53 Å². The van der Waals surface area contributed by atoms with Gasteiger partial charge in [0.25, 0.3) is 0 Å². The summed E-state index contributed by atoms with van der Waals surface area (Å²) >= 11 is 1.75. The number of carbonyl (C=O) groups is 1. The van der Waals surface area contributed by atoms with Crippen LogP contribution in [0.15, 0.2) is 41.8 Å². The van der Waals surface area contributed by atoms with Gasteiger partial charge in [0.2, 0.25) is 0 Å². The Morgan fingerprint density at radius 3 is 2.72 bits per heavy atom. The second kappa shape index (κ2) is 8.90. The molecule has 0 atom stereocenters. The number of unbranched alkanes of at least 4 members (excludes halogenated alkanes) is 1. The Balaban J connectivity index is 1.52. The third kappa shape index (κ3) is 5.49. The van der Waals surface area contributed by atoms with Gasteiger partial charge >= 0.3 is 6.03 Å². The van der Waals surface area contributed by atoms with E-state index in [9.17, 15) is 4.79 Å². The summed E-state index contributed by atoms with van der Waals surface area (Å²) in [6, 6.07) is 12.2. The molecule has 1 fully saturated rings. The first-order valence-electron chi connectivity index (χ1n) is 9.09. The van der Waals surface area contributed by atoms with E-state index in [-0.39, 0.29) is 6.03 Å². The number of anilines is 1. The van der Waals surface area contributed by atoms with Crippen molar-refractivity contribution in [2.24, 2.45) is 0 Å². The van der Waals surface area contributed by atoms with Gasteiger partial charge in [0.1, 0.15) is 5.75 Å². The summed E-state index contributed by atoms with van der Waals surface area (Å²) in [4.78, 5) is 15.9. The van der Waals surface area contributed by atoms with Crippen molar-refractivity contribution in [1.29, 1.82) is 0 Å². The van der Waals surface area contributed by atoms with Gasteiger partial charge in [0, 0.05) is 23.2 Å². The monoisotopic (exact) mass is 358 g/mol. The van der Waals surface area contributed by atoms with Gasteiger partial charge in [-0.05, 0) is 61.4 Å². The van der Waals surface area contributed by atoms with E-state index in [1.165, 1.54) is 4.88 Å². The molecule has 0 radical (unpaired) electrons. The molecule has 3 rings (SSSR count). The minimum atomic E-state index is -0.00120. The fraction of sp³-hybridized carbons (Fsp3) is 0.450. The second-order valence-corrected chi connectivity index (χ2v) is 7.44. The van der Waals surface area contributed by atoms with Crippen molar-refractivity contribution in [3.8, 4) is 5.75 Å². The van der Waals surface area contributed by atoms with E-state index in [1.54, 1.807) is 11.3 Å². The van der Waals surface area contributed by atoms with Crippen LogP contribution in [-0.4, -0.2) is 30.1 Å². The van der Waals surface area contributed by atoms with Crippen LogP contribution in [0.2, 0.25) is 0 Å². The summed E-state index contributed by atoms with van der Waals surface area (Å²) in [5.41, 5.74) is 0.814. The minimum absolute atomic E-state index is 0.00120. The summed E-state index contributed by atoms with van der Waals surface area (Å²) in [5.74, 6) is 0.850. The highest BCUT2D eigenvalue weighted by Crippen LogP contribution is 2.28. The Bertz CT molecular complexity index is 651. The van der Waals surface area contributed by atoms with Crippen LogP contribution in [0, 0.1) is 0 Å². The molecule has 134 valence electrons. The van der Waals surface area contributed by atoms with Crippen molar-refractivity contribution in [1.82, 2.24) is 4.90 Å². The third-order valence-electron chi connectivity index (χ3n) is 4.30. The molecule has 4 nitrogen and oxygen atoms in total. The van der Waals surface area contributed by atoms with E-state index in [2.05, 4.69) is 29.8 Å². The normalized spacial score (nSPS) is 13.5. The zero-order chi connectivity index (χ0) is 17.5. The molecule has 0 unspecified atom stereocenters. The molecular weight excluding hydrogens is 332 g/mol. The number of ether oxygens (including phenoxy) is 1.